The molecule has 0 radical (unpaired) electrons. The number of hydrogen-bond donors (Lipinski definition) is 2. The van der Waals surface area contributed by atoms with E-state index < -0.39 is 17.8 Å². The molecule has 2 amide bonds. The monoisotopic (exact) mass is 419 g/mol. The lowest BCUT2D eigenvalue weighted by molar-refractivity contribution is -0.123. The van der Waals surface area contributed by atoms with Gasteiger partial charge in [-0.2, -0.15) is 0 Å². The summed E-state index contributed by atoms with van der Waals surface area (Å²) in [7, 11) is 0. The van der Waals surface area contributed by atoms with Gasteiger partial charge in [-0.3, -0.25) is 14.5 Å². The maximum atomic E-state index is 12.5. The fourth-order valence-corrected chi connectivity index (χ4v) is 3.38. The molecule has 3 N–H and O–H groups in total. The number of thiazole rings is 1. The number of pyridine rings is 1. The first-order chi connectivity index (χ1) is 13.7. The quantitative estimate of drug-likeness (QED) is 0.674. The Labute approximate surface area is 171 Å². The SMILES string of the molecule is Cc1nc(NC(=O)CN2C(=O)COc3ccc(N)nc32)sc1C(=O)OCC(C)C. The van der Waals surface area contributed by atoms with E-state index in [0.717, 1.165) is 11.3 Å². The van der Waals surface area contributed by atoms with Gasteiger partial charge in [-0.05, 0) is 25.0 Å². The van der Waals surface area contributed by atoms with Gasteiger partial charge in [-0.1, -0.05) is 25.2 Å². The number of carbonyl (C=O) groups excluding carboxylic acids is 3. The van der Waals surface area contributed by atoms with Crippen molar-refractivity contribution >= 4 is 45.9 Å². The Bertz CT molecular complexity index is 958. The Morgan fingerprint density at radius 1 is 1.38 bits per heavy atom. The topological polar surface area (TPSA) is 137 Å². The number of ether oxygens (including phenoxy) is 2. The Morgan fingerprint density at radius 2 is 2.14 bits per heavy atom. The van der Waals surface area contributed by atoms with Crippen LogP contribution in [-0.2, 0) is 14.3 Å². The highest BCUT2D eigenvalue weighted by Crippen LogP contribution is 2.31. The molecular weight excluding hydrogens is 398 g/mol. The standard InChI is InChI=1S/C18H21N5O5S/c1-9(2)7-28-17(26)15-10(3)20-18(29-15)22-13(24)6-23-14(25)8-27-11-4-5-12(19)21-16(11)23/h4-5,9H,6-8H2,1-3H3,(H2,19,21)(H,20,22,24). The Kier molecular flexibility index (Phi) is 5.97. The largest absolute Gasteiger partial charge is 0.480 e. The van der Waals surface area contributed by atoms with E-state index in [2.05, 4.69) is 15.3 Å². The highest BCUT2D eigenvalue weighted by atomic mass is 32.1. The van der Waals surface area contributed by atoms with Gasteiger partial charge in [0.25, 0.3) is 5.91 Å². The van der Waals surface area contributed by atoms with Crippen LogP contribution in [-0.4, -0.2) is 47.5 Å². The second-order valence-electron chi connectivity index (χ2n) is 6.80. The maximum Gasteiger partial charge on any atom is 0.350 e. The molecule has 3 heterocycles. The van der Waals surface area contributed by atoms with Gasteiger partial charge in [-0.25, -0.2) is 14.8 Å². The zero-order valence-corrected chi connectivity index (χ0v) is 17.0. The number of rotatable bonds is 6. The number of esters is 1. The van der Waals surface area contributed by atoms with Gasteiger partial charge in [0.05, 0.1) is 12.3 Å². The van der Waals surface area contributed by atoms with Crippen molar-refractivity contribution in [3.63, 3.8) is 0 Å². The minimum absolute atomic E-state index is 0.185. The first-order valence-corrected chi connectivity index (χ1v) is 9.70. The second kappa shape index (κ2) is 8.43. The molecule has 0 aliphatic carbocycles. The highest BCUT2D eigenvalue weighted by Gasteiger charge is 2.29. The van der Waals surface area contributed by atoms with Gasteiger partial charge in [0.1, 0.15) is 17.2 Å². The van der Waals surface area contributed by atoms with Gasteiger partial charge in [0.15, 0.2) is 23.3 Å². The molecular formula is C18H21N5O5S. The van der Waals surface area contributed by atoms with Crippen molar-refractivity contribution in [1.82, 2.24) is 9.97 Å². The van der Waals surface area contributed by atoms with E-state index in [9.17, 15) is 14.4 Å². The van der Waals surface area contributed by atoms with Gasteiger partial charge < -0.3 is 20.5 Å². The fraction of sp³-hybridized carbons (Fsp3) is 0.389. The summed E-state index contributed by atoms with van der Waals surface area (Å²) in [5.74, 6) is -0.427. The zero-order valence-electron chi connectivity index (χ0n) is 16.2. The summed E-state index contributed by atoms with van der Waals surface area (Å²) in [5.41, 5.74) is 6.14. The number of aryl methyl sites for hydroxylation is 1. The molecule has 1 aliphatic rings. The van der Waals surface area contributed by atoms with Gasteiger partial charge >= 0.3 is 5.97 Å². The molecule has 29 heavy (non-hydrogen) atoms. The van der Waals surface area contributed by atoms with Crippen molar-refractivity contribution in [3.8, 4) is 5.75 Å². The van der Waals surface area contributed by atoms with Crippen molar-refractivity contribution in [1.29, 1.82) is 0 Å². The van der Waals surface area contributed by atoms with E-state index in [1.54, 1.807) is 19.1 Å². The number of nitrogen functional groups attached to an aromatic ring is 1. The number of nitrogens with zero attached hydrogens (tertiary/aromatic N) is 3. The molecule has 11 heteroatoms. The molecule has 0 unspecified atom stereocenters. The molecule has 1 aliphatic heterocycles. The summed E-state index contributed by atoms with van der Waals surface area (Å²) < 4.78 is 10.5. The smallest absolute Gasteiger partial charge is 0.350 e. The summed E-state index contributed by atoms with van der Waals surface area (Å²) in [6, 6.07) is 3.14. The summed E-state index contributed by atoms with van der Waals surface area (Å²) in [5, 5.41) is 2.84. The van der Waals surface area contributed by atoms with Crippen LogP contribution < -0.4 is 20.7 Å². The van der Waals surface area contributed by atoms with Crippen molar-refractivity contribution < 1.29 is 23.9 Å². The molecule has 0 fully saturated rings. The molecule has 0 saturated heterocycles. The molecule has 10 nitrogen and oxygen atoms in total. The molecule has 0 saturated carbocycles. The molecule has 154 valence electrons. The van der Waals surface area contributed by atoms with Crippen LogP contribution >= 0.6 is 11.3 Å². The molecule has 0 spiro atoms. The molecule has 0 aromatic carbocycles. The van der Waals surface area contributed by atoms with Crippen LogP contribution in [0.2, 0.25) is 0 Å². The van der Waals surface area contributed by atoms with Gasteiger partial charge in [-0.15, -0.1) is 0 Å². The van der Waals surface area contributed by atoms with Crippen LogP contribution in [0.5, 0.6) is 5.75 Å². The summed E-state index contributed by atoms with van der Waals surface area (Å²) in [6.45, 7) is 5.34. The highest BCUT2D eigenvalue weighted by molar-refractivity contribution is 7.17. The minimum atomic E-state index is -0.494. The lowest BCUT2D eigenvalue weighted by Gasteiger charge is -2.27. The van der Waals surface area contributed by atoms with E-state index >= 15 is 0 Å². The van der Waals surface area contributed by atoms with Crippen LogP contribution in [0.4, 0.5) is 16.8 Å². The lowest BCUT2D eigenvalue weighted by Crippen LogP contribution is -2.44. The zero-order chi connectivity index (χ0) is 21.1. The van der Waals surface area contributed by atoms with E-state index in [1.807, 2.05) is 13.8 Å². The average molecular weight is 419 g/mol. The minimum Gasteiger partial charge on any atom is -0.480 e. The van der Waals surface area contributed by atoms with Crippen LogP contribution in [0.15, 0.2) is 12.1 Å². The van der Waals surface area contributed by atoms with Gasteiger partial charge in [0.2, 0.25) is 5.91 Å². The van der Waals surface area contributed by atoms with E-state index in [4.69, 9.17) is 15.2 Å². The third-order valence-corrected chi connectivity index (χ3v) is 4.90. The Morgan fingerprint density at radius 3 is 2.86 bits per heavy atom. The van der Waals surface area contributed by atoms with Gasteiger partial charge in [0, 0.05) is 0 Å². The third-order valence-electron chi connectivity index (χ3n) is 3.85. The van der Waals surface area contributed by atoms with Crippen LogP contribution in [0.25, 0.3) is 0 Å². The number of anilines is 3. The Hall–Kier alpha value is -3.21. The predicted molar refractivity (Wildman–Crippen MR) is 107 cm³/mol. The van der Waals surface area contributed by atoms with Crippen LogP contribution in [0, 0.1) is 12.8 Å². The first-order valence-electron chi connectivity index (χ1n) is 8.88. The molecule has 2 aromatic heterocycles. The van der Waals surface area contributed by atoms with E-state index in [0.29, 0.717) is 22.9 Å². The van der Waals surface area contributed by atoms with E-state index in [-0.39, 0.29) is 35.8 Å². The number of carbonyl (C=O) groups is 3. The molecule has 3 rings (SSSR count). The number of fused-ring (bicyclic) bond motifs is 1. The van der Waals surface area contributed by atoms with Crippen molar-refractivity contribution in [2.75, 3.05) is 35.7 Å². The van der Waals surface area contributed by atoms with Crippen molar-refractivity contribution in [2.45, 2.75) is 20.8 Å². The average Bonchev–Trinajstić information content (AvgIpc) is 3.02. The van der Waals surface area contributed by atoms with E-state index in [1.165, 1.54) is 4.90 Å². The molecule has 0 bridgehead atoms. The number of amides is 2. The number of hydrogen-bond acceptors (Lipinski definition) is 9. The maximum absolute atomic E-state index is 12.5. The lowest BCUT2D eigenvalue weighted by atomic mass is 10.2. The third kappa shape index (κ3) is 4.80. The van der Waals surface area contributed by atoms with Crippen molar-refractivity contribution in [3.05, 3.63) is 22.7 Å². The Balaban J connectivity index is 1.69. The van der Waals surface area contributed by atoms with Crippen LogP contribution in [0.3, 0.4) is 0 Å². The van der Waals surface area contributed by atoms with Crippen molar-refractivity contribution in [2.24, 2.45) is 5.92 Å². The number of nitrogens with two attached hydrogens (primary N) is 1. The summed E-state index contributed by atoms with van der Waals surface area (Å²) in [6.07, 6.45) is 0. The summed E-state index contributed by atoms with van der Waals surface area (Å²) >= 11 is 1.02. The molecule has 0 atom stereocenters. The fourth-order valence-electron chi connectivity index (χ4n) is 2.50. The number of aromatic nitrogens is 2. The van der Waals surface area contributed by atoms with Crippen LogP contribution in [0.1, 0.15) is 29.2 Å². The second-order valence-corrected chi connectivity index (χ2v) is 7.80. The summed E-state index contributed by atoms with van der Waals surface area (Å²) in [4.78, 5) is 46.6. The normalized spacial score (nSPS) is 13.1. The molecule has 2 aromatic rings. The number of nitrogens with one attached hydrogen (secondary N) is 1. The predicted octanol–water partition coefficient (Wildman–Crippen LogP) is 1.61. The first kappa shape index (κ1) is 20.5.